The van der Waals surface area contributed by atoms with Crippen molar-refractivity contribution in [2.24, 2.45) is 10.9 Å². The van der Waals surface area contributed by atoms with Gasteiger partial charge in [0.15, 0.2) is 5.96 Å². The number of hydrogen-bond acceptors (Lipinski definition) is 8. The van der Waals surface area contributed by atoms with E-state index in [1.54, 1.807) is 0 Å². The number of aryl methyl sites for hydroxylation is 1. The highest BCUT2D eigenvalue weighted by molar-refractivity contribution is 5.80. The van der Waals surface area contributed by atoms with E-state index in [0.717, 1.165) is 62.6 Å². The van der Waals surface area contributed by atoms with E-state index >= 15 is 0 Å². The van der Waals surface area contributed by atoms with Gasteiger partial charge in [-0.1, -0.05) is 32.0 Å². The Morgan fingerprint density at radius 2 is 2.03 bits per heavy atom. The number of hydrogen-bond donors (Lipinski definition) is 6. The van der Waals surface area contributed by atoms with Gasteiger partial charge in [0.05, 0.1) is 6.54 Å². The average molecular weight is 504 g/mol. The highest BCUT2D eigenvalue weighted by Crippen LogP contribution is 2.19. The Morgan fingerprint density at radius 3 is 2.78 bits per heavy atom. The summed E-state index contributed by atoms with van der Waals surface area (Å²) in [5.74, 6) is 2.06. The second-order valence-corrected chi connectivity index (χ2v) is 9.43. The molecule has 2 atom stereocenters. The maximum Gasteiger partial charge on any atom is 0.234 e. The topological polar surface area (TPSA) is 128 Å². The zero-order valence-corrected chi connectivity index (χ0v) is 22.1. The predicted molar refractivity (Wildman–Crippen MR) is 144 cm³/mol. The Bertz CT molecular complexity index is 803. The van der Waals surface area contributed by atoms with Gasteiger partial charge in [-0.25, -0.2) is 0 Å². The van der Waals surface area contributed by atoms with Gasteiger partial charge >= 0.3 is 0 Å². The number of nitrogens with one attached hydrogen (secondary N) is 6. The molecule has 0 aromatic heterocycles. The number of amides is 2. The third-order valence-corrected chi connectivity index (χ3v) is 5.93. The molecule has 0 aliphatic carbocycles. The van der Waals surface area contributed by atoms with E-state index in [1.807, 2.05) is 25.1 Å². The lowest BCUT2D eigenvalue weighted by Crippen LogP contribution is -2.51. The molecule has 6 N–H and O–H groups in total. The summed E-state index contributed by atoms with van der Waals surface area (Å²) in [6.45, 7) is 11.6. The number of para-hydroxylation sites is 1. The molecule has 1 heterocycles. The van der Waals surface area contributed by atoms with Crippen LogP contribution in [-0.2, 0) is 16.0 Å². The lowest BCUT2D eigenvalue weighted by Gasteiger charge is -2.24. The third kappa shape index (κ3) is 12.2. The summed E-state index contributed by atoms with van der Waals surface area (Å²) < 4.78 is 5.99. The summed E-state index contributed by atoms with van der Waals surface area (Å²) in [6.07, 6.45) is 3.50. The van der Waals surface area contributed by atoms with Crippen LogP contribution in [0, 0.1) is 5.92 Å². The SMILES string of the molecule is CC(CNC1=NCCCN1)NC(=O)CNC(CNCCOc1ccccc1CCCNC=O)C(C)C. The predicted octanol–water partition coefficient (Wildman–Crippen LogP) is 0.391. The highest BCUT2D eigenvalue weighted by atomic mass is 16.5. The van der Waals surface area contributed by atoms with E-state index < -0.39 is 0 Å². The molecule has 1 aromatic carbocycles. The molecule has 1 aromatic rings. The van der Waals surface area contributed by atoms with Crippen molar-refractivity contribution in [3.8, 4) is 5.75 Å². The average Bonchev–Trinajstić information content (AvgIpc) is 2.88. The smallest absolute Gasteiger partial charge is 0.234 e. The minimum atomic E-state index is -0.0169. The number of nitrogens with zero attached hydrogens (tertiary/aromatic N) is 1. The Balaban J connectivity index is 1.62. The van der Waals surface area contributed by atoms with Crippen molar-refractivity contribution in [3.63, 3.8) is 0 Å². The first-order chi connectivity index (χ1) is 17.5. The number of rotatable bonds is 18. The fourth-order valence-electron chi connectivity index (χ4n) is 3.83. The fourth-order valence-corrected chi connectivity index (χ4v) is 3.83. The van der Waals surface area contributed by atoms with Gasteiger partial charge in [-0.2, -0.15) is 0 Å². The fraction of sp³-hybridized carbons (Fsp3) is 0.654. The summed E-state index contributed by atoms with van der Waals surface area (Å²) in [6, 6.07) is 8.19. The molecule has 0 spiro atoms. The molecule has 2 amide bonds. The number of carbonyl (C=O) groups excluding carboxylic acids is 2. The van der Waals surface area contributed by atoms with Crippen LogP contribution in [0.25, 0.3) is 0 Å². The first-order valence-electron chi connectivity index (χ1n) is 13.1. The quantitative estimate of drug-likeness (QED) is 0.126. The molecular weight excluding hydrogens is 458 g/mol. The largest absolute Gasteiger partial charge is 0.492 e. The van der Waals surface area contributed by atoms with E-state index in [9.17, 15) is 9.59 Å². The number of aliphatic imine (C=N–C) groups is 1. The van der Waals surface area contributed by atoms with E-state index in [2.05, 4.69) is 56.8 Å². The Hall–Kier alpha value is -2.85. The summed E-state index contributed by atoms with van der Waals surface area (Å²) in [7, 11) is 0. The van der Waals surface area contributed by atoms with Crippen LogP contribution in [0.2, 0.25) is 0 Å². The third-order valence-electron chi connectivity index (χ3n) is 5.93. The summed E-state index contributed by atoms with van der Waals surface area (Å²) in [5, 5.41) is 19.0. The molecule has 0 saturated heterocycles. The number of ether oxygens (including phenoxy) is 1. The van der Waals surface area contributed by atoms with E-state index in [4.69, 9.17) is 4.74 Å². The van der Waals surface area contributed by atoms with Crippen molar-refractivity contribution < 1.29 is 14.3 Å². The van der Waals surface area contributed by atoms with E-state index in [0.29, 0.717) is 32.2 Å². The van der Waals surface area contributed by atoms with Gasteiger partial charge in [0.2, 0.25) is 12.3 Å². The molecule has 1 aliphatic rings. The van der Waals surface area contributed by atoms with Crippen LogP contribution >= 0.6 is 0 Å². The van der Waals surface area contributed by atoms with Gasteiger partial charge in [-0.05, 0) is 43.7 Å². The number of carbonyl (C=O) groups is 2. The Kier molecular flexibility index (Phi) is 14.3. The van der Waals surface area contributed by atoms with Crippen LogP contribution in [-0.4, -0.2) is 82.8 Å². The molecule has 0 fully saturated rings. The van der Waals surface area contributed by atoms with E-state index in [1.165, 1.54) is 0 Å². The zero-order chi connectivity index (χ0) is 26.0. The van der Waals surface area contributed by atoms with Crippen molar-refractivity contribution in [2.75, 3.05) is 52.4 Å². The Morgan fingerprint density at radius 1 is 1.19 bits per heavy atom. The van der Waals surface area contributed by atoms with Crippen molar-refractivity contribution in [3.05, 3.63) is 29.8 Å². The second kappa shape index (κ2) is 17.6. The lowest BCUT2D eigenvalue weighted by molar-refractivity contribution is -0.121. The molecule has 10 nitrogen and oxygen atoms in total. The van der Waals surface area contributed by atoms with Crippen LogP contribution in [0.3, 0.4) is 0 Å². The molecule has 36 heavy (non-hydrogen) atoms. The van der Waals surface area contributed by atoms with Crippen molar-refractivity contribution >= 4 is 18.3 Å². The molecule has 0 saturated carbocycles. The van der Waals surface area contributed by atoms with Gasteiger partial charge in [0.25, 0.3) is 0 Å². The van der Waals surface area contributed by atoms with Crippen molar-refractivity contribution in [1.29, 1.82) is 0 Å². The van der Waals surface area contributed by atoms with E-state index in [-0.39, 0.29) is 24.5 Å². The van der Waals surface area contributed by atoms with Crippen LogP contribution in [0.4, 0.5) is 0 Å². The minimum Gasteiger partial charge on any atom is -0.492 e. The molecule has 10 heteroatoms. The zero-order valence-electron chi connectivity index (χ0n) is 22.1. The van der Waals surface area contributed by atoms with Gasteiger partial charge in [0.1, 0.15) is 12.4 Å². The number of benzene rings is 1. The molecule has 202 valence electrons. The maximum absolute atomic E-state index is 12.4. The summed E-state index contributed by atoms with van der Waals surface area (Å²) in [4.78, 5) is 27.2. The summed E-state index contributed by atoms with van der Waals surface area (Å²) in [5.41, 5.74) is 1.14. The van der Waals surface area contributed by atoms with Crippen LogP contribution in [0.15, 0.2) is 29.3 Å². The monoisotopic (exact) mass is 503 g/mol. The second-order valence-electron chi connectivity index (χ2n) is 9.43. The molecule has 0 radical (unpaired) electrons. The minimum absolute atomic E-state index is 0.00246. The molecule has 1 aliphatic heterocycles. The number of guanidine groups is 1. The first kappa shape index (κ1) is 29.4. The van der Waals surface area contributed by atoms with Crippen molar-refractivity contribution in [1.82, 2.24) is 31.9 Å². The molecular formula is C26H45N7O3. The van der Waals surface area contributed by atoms with Crippen LogP contribution in [0.1, 0.15) is 39.2 Å². The normalized spacial score (nSPS) is 14.8. The van der Waals surface area contributed by atoms with Crippen LogP contribution < -0.4 is 36.6 Å². The van der Waals surface area contributed by atoms with Crippen molar-refractivity contribution in [2.45, 2.75) is 52.1 Å². The first-order valence-corrected chi connectivity index (χ1v) is 13.1. The van der Waals surface area contributed by atoms with Gasteiger partial charge < -0.3 is 36.6 Å². The maximum atomic E-state index is 12.4. The molecule has 0 bridgehead atoms. The lowest BCUT2D eigenvalue weighted by atomic mass is 10.0. The molecule has 2 rings (SSSR count). The van der Waals surface area contributed by atoms with Gasteiger partial charge in [-0.3, -0.25) is 14.6 Å². The summed E-state index contributed by atoms with van der Waals surface area (Å²) >= 11 is 0. The van der Waals surface area contributed by atoms with Crippen LogP contribution in [0.5, 0.6) is 5.75 Å². The standard InChI is InChI=1S/C26H45N7O3/c1-20(2)23(31-18-25(35)33-21(3)16-32-26-29-12-7-13-30-26)17-27-14-15-36-24-10-5-4-8-22(24)9-6-11-28-19-34/h4-5,8,10,19-21,23,27,31H,6-7,9,11-18H2,1-3H3,(H,28,34)(H,33,35)(H2,29,30,32). The highest BCUT2D eigenvalue weighted by Gasteiger charge is 2.15. The Labute approximate surface area is 215 Å². The van der Waals surface area contributed by atoms with Gasteiger partial charge in [-0.15, -0.1) is 0 Å². The molecule has 2 unspecified atom stereocenters. The van der Waals surface area contributed by atoms with Gasteiger partial charge in [0, 0.05) is 51.4 Å².